The largest absolute Gasteiger partial charge is 0.479 e. The Morgan fingerprint density at radius 3 is 1.75 bits per heavy atom. The molecule has 0 radical (unpaired) electrons. The molecule has 0 saturated heterocycles. The van der Waals surface area contributed by atoms with Crippen LogP contribution in [-0.4, -0.2) is 56.3 Å². The fourth-order valence-corrected chi connectivity index (χ4v) is 0.889. The third kappa shape index (κ3) is 4.96. The van der Waals surface area contributed by atoms with E-state index in [0.29, 0.717) is 0 Å². The number of ketones is 2. The maximum atomic E-state index is 11.1. The second kappa shape index (κ2) is 6.31. The van der Waals surface area contributed by atoms with E-state index in [1.807, 2.05) is 0 Å². The predicted octanol–water partition coefficient (Wildman–Crippen LogP) is -1.91. The van der Waals surface area contributed by atoms with E-state index in [4.69, 9.17) is 15.3 Å². The topological polar surface area (TPSA) is 132 Å². The maximum absolute atomic E-state index is 11.1. The van der Waals surface area contributed by atoms with Gasteiger partial charge in [0.15, 0.2) is 17.7 Å². The number of carbonyl (C=O) groups is 3. The minimum absolute atomic E-state index is 0.594. The molecule has 0 amide bonds. The van der Waals surface area contributed by atoms with E-state index in [0.717, 1.165) is 0 Å². The second-order valence-corrected chi connectivity index (χ2v) is 3.39. The fraction of sp³-hybridized carbons (Fsp3) is 0.667. The number of carbonyl (C=O) groups excluding carboxylic acids is 2. The monoisotopic (exact) mass is 234 g/mol. The molecule has 7 nitrogen and oxygen atoms in total. The number of Topliss-reactive ketones (excluding diaryl/α,β-unsaturated/α-hetero) is 2. The van der Waals surface area contributed by atoms with Crippen molar-refractivity contribution in [2.75, 3.05) is 0 Å². The van der Waals surface area contributed by atoms with Crippen LogP contribution in [0.15, 0.2) is 0 Å². The highest BCUT2D eigenvalue weighted by Crippen LogP contribution is 2.04. The first-order valence-electron chi connectivity index (χ1n) is 4.58. The lowest BCUT2D eigenvalue weighted by molar-refractivity contribution is -0.150. The average Bonchev–Trinajstić information content (AvgIpc) is 2.16. The third-order valence-electron chi connectivity index (χ3n) is 1.91. The van der Waals surface area contributed by atoms with E-state index in [2.05, 4.69) is 0 Å². The number of hydrogen-bond donors (Lipinski definition) is 4. The van der Waals surface area contributed by atoms with Crippen LogP contribution >= 0.6 is 0 Å². The molecule has 7 heteroatoms. The Bertz CT molecular complexity index is 284. The molecular weight excluding hydrogens is 220 g/mol. The molecule has 0 saturated carbocycles. The Balaban J connectivity index is 4.19. The molecule has 0 bridgehead atoms. The van der Waals surface area contributed by atoms with Crippen molar-refractivity contribution in [3.63, 3.8) is 0 Å². The van der Waals surface area contributed by atoms with Crippen molar-refractivity contribution in [2.45, 2.75) is 38.1 Å². The van der Waals surface area contributed by atoms with Gasteiger partial charge in [-0.25, -0.2) is 4.79 Å². The Labute approximate surface area is 91.3 Å². The Hall–Kier alpha value is -1.31. The number of carboxylic acids is 1. The van der Waals surface area contributed by atoms with Gasteiger partial charge in [-0.3, -0.25) is 9.59 Å². The number of hydrogen-bond acceptors (Lipinski definition) is 6. The quantitative estimate of drug-likeness (QED) is 0.404. The van der Waals surface area contributed by atoms with Gasteiger partial charge in [0.2, 0.25) is 0 Å². The van der Waals surface area contributed by atoms with E-state index in [1.165, 1.54) is 6.92 Å². The molecule has 0 aromatic carbocycles. The fourth-order valence-electron chi connectivity index (χ4n) is 0.889. The SMILES string of the molecule is CC(O)C(=O)CC(O)C(=O)CC(O)C(=O)O. The summed E-state index contributed by atoms with van der Waals surface area (Å²) in [5.41, 5.74) is 0. The van der Waals surface area contributed by atoms with E-state index in [9.17, 15) is 19.5 Å². The molecule has 4 N–H and O–H groups in total. The normalized spacial score (nSPS) is 16.2. The molecule has 16 heavy (non-hydrogen) atoms. The van der Waals surface area contributed by atoms with Crippen molar-refractivity contribution < 1.29 is 34.8 Å². The molecule has 0 aliphatic carbocycles. The summed E-state index contributed by atoms with van der Waals surface area (Å²) in [6.07, 6.45) is -6.27. The van der Waals surface area contributed by atoms with Gasteiger partial charge in [0, 0.05) is 12.8 Å². The number of aliphatic hydroxyl groups is 3. The highest BCUT2D eigenvalue weighted by atomic mass is 16.4. The standard InChI is InChI=1S/C9H14O7/c1-4(10)5(11)2-6(12)7(13)3-8(14)9(15)16/h4,6,8,10,12,14H,2-3H2,1H3,(H,15,16). The summed E-state index contributed by atoms with van der Waals surface area (Å²) in [5.74, 6) is -3.27. The third-order valence-corrected chi connectivity index (χ3v) is 1.91. The Morgan fingerprint density at radius 2 is 1.38 bits per heavy atom. The zero-order chi connectivity index (χ0) is 12.9. The Kier molecular flexibility index (Phi) is 5.79. The van der Waals surface area contributed by atoms with Crippen molar-refractivity contribution in [2.24, 2.45) is 0 Å². The minimum atomic E-state index is -1.90. The molecule has 0 heterocycles. The van der Waals surface area contributed by atoms with Crippen LogP contribution in [0.2, 0.25) is 0 Å². The molecule has 3 atom stereocenters. The first-order valence-corrected chi connectivity index (χ1v) is 4.58. The van der Waals surface area contributed by atoms with Crippen LogP contribution in [0.1, 0.15) is 19.8 Å². The summed E-state index contributed by atoms with van der Waals surface area (Å²) in [7, 11) is 0. The van der Waals surface area contributed by atoms with E-state index in [1.54, 1.807) is 0 Å². The average molecular weight is 234 g/mol. The number of carboxylic acid groups (broad SMARTS) is 1. The molecule has 0 aromatic rings. The van der Waals surface area contributed by atoms with Gasteiger partial charge < -0.3 is 20.4 Å². The van der Waals surface area contributed by atoms with Crippen LogP contribution in [0, 0.1) is 0 Å². The van der Waals surface area contributed by atoms with Gasteiger partial charge in [-0.2, -0.15) is 0 Å². The van der Waals surface area contributed by atoms with Gasteiger partial charge in [0.1, 0.15) is 12.2 Å². The van der Waals surface area contributed by atoms with Crippen LogP contribution in [0.5, 0.6) is 0 Å². The summed E-state index contributed by atoms with van der Waals surface area (Å²) in [5, 5.41) is 35.1. The van der Waals surface area contributed by atoms with Gasteiger partial charge in [-0.15, -0.1) is 0 Å². The van der Waals surface area contributed by atoms with Crippen molar-refractivity contribution in [1.29, 1.82) is 0 Å². The summed E-state index contributed by atoms with van der Waals surface area (Å²) in [6, 6.07) is 0. The zero-order valence-corrected chi connectivity index (χ0v) is 8.66. The van der Waals surface area contributed by atoms with Crippen LogP contribution in [0.4, 0.5) is 0 Å². The molecule has 3 unspecified atom stereocenters. The van der Waals surface area contributed by atoms with Gasteiger partial charge in [-0.1, -0.05) is 0 Å². The molecule has 0 aliphatic heterocycles. The van der Waals surface area contributed by atoms with Gasteiger partial charge in [0.25, 0.3) is 0 Å². The van der Waals surface area contributed by atoms with Gasteiger partial charge >= 0.3 is 5.97 Å². The lowest BCUT2D eigenvalue weighted by atomic mass is 10.0. The molecule has 0 spiro atoms. The van der Waals surface area contributed by atoms with Crippen molar-refractivity contribution >= 4 is 17.5 Å². The molecule has 0 fully saturated rings. The lowest BCUT2D eigenvalue weighted by Gasteiger charge is -2.11. The number of aliphatic carboxylic acids is 1. The van der Waals surface area contributed by atoms with Crippen molar-refractivity contribution in [3.8, 4) is 0 Å². The first-order chi connectivity index (χ1) is 7.25. The van der Waals surface area contributed by atoms with Crippen molar-refractivity contribution in [1.82, 2.24) is 0 Å². The summed E-state index contributed by atoms with van der Waals surface area (Å²) < 4.78 is 0. The van der Waals surface area contributed by atoms with Gasteiger partial charge in [-0.05, 0) is 6.92 Å². The lowest BCUT2D eigenvalue weighted by Crippen LogP contribution is -2.32. The van der Waals surface area contributed by atoms with E-state index in [-0.39, 0.29) is 0 Å². The molecule has 0 aliphatic rings. The van der Waals surface area contributed by atoms with Crippen LogP contribution < -0.4 is 0 Å². The van der Waals surface area contributed by atoms with Crippen molar-refractivity contribution in [3.05, 3.63) is 0 Å². The Morgan fingerprint density at radius 1 is 0.938 bits per heavy atom. The molecule has 0 aromatic heterocycles. The second-order valence-electron chi connectivity index (χ2n) is 3.39. The smallest absolute Gasteiger partial charge is 0.332 e. The summed E-state index contributed by atoms with van der Waals surface area (Å²) in [6.45, 7) is 1.19. The molecule has 92 valence electrons. The molecule has 0 rings (SSSR count). The minimum Gasteiger partial charge on any atom is -0.479 e. The number of aliphatic hydroxyl groups excluding tert-OH is 3. The van der Waals surface area contributed by atoms with Crippen LogP contribution in [0.3, 0.4) is 0 Å². The van der Waals surface area contributed by atoms with Gasteiger partial charge in [0.05, 0.1) is 0 Å². The first kappa shape index (κ1) is 14.7. The highest BCUT2D eigenvalue weighted by molar-refractivity contribution is 5.93. The van der Waals surface area contributed by atoms with Crippen LogP contribution in [0.25, 0.3) is 0 Å². The van der Waals surface area contributed by atoms with E-state index >= 15 is 0 Å². The predicted molar refractivity (Wildman–Crippen MR) is 50.6 cm³/mol. The van der Waals surface area contributed by atoms with Crippen LogP contribution in [-0.2, 0) is 14.4 Å². The molecular formula is C9H14O7. The summed E-state index contributed by atoms with van der Waals surface area (Å²) >= 11 is 0. The number of rotatable bonds is 7. The zero-order valence-electron chi connectivity index (χ0n) is 8.66. The maximum Gasteiger partial charge on any atom is 0.332 e. The van der Waals surface area contributed by atoms with E-state index < -0.39 is 48.7 Å². The highest BCUT2D eigenvalue weighted by Gasteiger charge is 2.25. The summed E-state index contributed by atoms with van der Waals surface area (Å²) in [4.78, 5) is 32.2.